The van der Waals surface area contributed by atoms with E-state index in [-0.39, 0.29) is 18.0 Å². The summed E-state index contributed by atoms with van der Waals surface area (Å²) in [6, 6.07) is 3.37. The predicted molar refractivity (Wildman–Crippen MR) is 92.6 cm³/mol. The lowest BCUT2D eigenvalue weighted by Crippen LogP contribution is -2.44. The Morgan fingerprint density at radius 1 is 1.17 bits per heavy atom. The fraction of sp³-hybridized carbons (Fsp3) is 0.529. The number of nitrogens with one attached hydrogen (secondary N) is 2. The Morgan fingerprint density at radius 3 is 2.75 bits per heavy atom. The molecule has 3 amide bonds. The number of hydrogen-bond acceptors (Lipinski definition) is 4. The third-order valence-corrected chi connectivity index (χ3v) is 5.92. The van der Waals surface area contributed by atoms with Crippen LogP contribution in [0, 0.1) is 0 Å². The Labute approximate surface area is 145 Å². The number of carbonyl (C=O) groups excluding carboxylic acids is 2. The maximum atomic E-state index is 12.9. The van der Waals surface area contributed by atoms with Crippen LogP contribution in [-0.2, 0) is 4.79 Å². The van der Waals surface area contributed by atoms with Crippen LogP contribution >= 0.6 is 11.3 Å². The van der Waals surface area contributed by atoms with Gasteiger partial charge in [-0.15, -0.1) is 11.3 Å². The quantitative estimate of drug-likeness (QED) is 0.872. The standard InChI is InChI=1S/C17H22N4O2S/c22-16-14-12(11-21(16)9-8-20-6-2-1-3-7-20)18-17(23)19-15(14)13-5-4-10-24-13/h4-5,10,15H,1-3,6-9,11H2,(H2,18,19,23)/t15-/m0/s1. The molecule has 4 heterocycles. The molecule has 7 heteroatoms. The maximum absolute atomic E-state index is 12.9. The lowest BCUT2D eigenvalue weighted by molar-refractivity contribution is -0.126. The summed E-state index contributed by atoms with van der Waals surface area (Å²) in [5.74, 6) is 0.0490. The van der Waals surface area contributed by atoms with Gasteiger partial charge in [0.15, 0.2) is 0 Å². The van der Waals surface area contributed by atoms with E-state index >= 15 is 0 Å². The third kappa shape index (κ3) is 2.93. The van der Waals surface area contributed by atoms with Crippen molar-refractivity contribution in [1.82, 2.24) is 20.4 Å². The lowest BCUT2D eigenvalue weighted by atomic mass is 10.0. The van der Waals surface area contributed by atoms with Crippen LogP contribution in [0.25, 0.3) is 0 Å². The van der Waals surface area contributed by atoms with Gasteiger partial charge in [-0.3, -0.25) is 4.79 Å². The fourth-order valence-corrected chi connectivity index (χ4v) is 4.51. The molecule has 4 rings (SSSR count). The van der Waals surface area contributed by atoms with E-state index in [9.17, 15) is 9.59 Å². The topological polar surface area (TPSA) is 64.7 Å². The van der Waals surface area contributed by atoms with Gasteiger partial charge in [0.2, 0.25) is 0 Å². The minimum atomic E-state index is -0.318. The summed E-state index contributed by atoms with van der Waals surface area (Å²) in [6.07, 6.45) is 3.82. The molecule has 24 heavy (non-hydrogen) atoms. The second kappa shape index (κ2) is 6.57. The Bertz CT molecular complexity index is 664. The number of urea groups is 1. The summed E-state index contributed by atoms with van der Waals surface area (Å²) >= 11 is 1.56. The van der Waals surface area contributed by atoms with Crippen molar-refractivity contribution in [3.8, 4) is 0 Å². The van der Waals surface area contributed by atoms with Crippen molar-refractivity contribution in [3.63, 3.8) is 0 Å². The summed E-state index contributed by atoms with van der Waals surface area (Å²) in [4.78, 5) is 30.1. The predicted octanol–water partition coefficient (Wildman–Crippen LogP) is 1.68. The van der Waals surface area contributed by atoms with E-state index in [1.807, 2.05) is 22.4 Å². The van der Waals surface area contributed by atoms with Crippen molar-refractivity contribution < 1.29 is 9.59 Å². The van der Waals surface area contributed by atoms with Gasteiger partial charge >= 0.3 is 6.03 Å². The van der Waals surface area contributed by atoms with Crippen molar-refractivity contribution in [2.75, 3.05) is 32.7 Å². The number of hydrogen-bond donors (Lipinski definition) is 2. The second-order valence-corrected chi connectivity index (χ2v) is 7.55. The molecule has 0 unspecified atom stereocenters. The van der Waals surface area contributed by atoms with Crippen LogP contribution in [0.15, 0.2) is 28.8 Å². The smallest absolute Gasteiger partial charge is 0.319 e. The van der Waals surface area contributed by atoms with Crippen LogP contribution in [0.3, 0.4) is 0 Å². The Balaban J connectivity index is 1.47. The van der Waals surface area contributed by atoms with Gasteiger partial charge in [0.25, 0.3) is 5.91 Å². The van der Waals surface area contributed by atoms with Gasteiger partial charge in [0, 0.05) is 18.0 Å². The molecule has 6 nitrogen and oxygen atoms in total. The molecule has 0 saturated carbocycles. The van der Waals surface area contributed by atoms with Crippen LogP contribution in [0.5, 0.6) is 0 Å². The first-order valence-corrected chi connectivity index (χ1v) is 9.46. The van der Waals surface area contributed by atoms with Crippen molar-refractivity contribution in [3.05, 3.63) is 33.7 Å². The fourth-order valence-electron chi connectivity index (χ4n) is 3.72. The van der Waals surface area contributed by atoms with E-state index in [4.69, 9.17) is 0 Å². The minimum absolute atomic E-state index is 0.0490. The molecule has 2 N–H and O–H groups in total. The van der Waals surface area contributed by atoms with Crippen molar-refractivity contribution in [1.29, 1.82) is 0 Å². The molecule has 1 fully saturated rings. The molecular weight excluding hydrogens is 324 g/mol. The monoisotopic (exact) mass is 346 g/mol. The SMILES string of the molecule is O=C1NC2=C(C(=O)N(CCN3CCCCC3)C2)[C@H](c2cccs2)N1. The molecule has 1 atom stereocenters. The number of thiophene rings is 1. The number of likely N-dealkylation sites (tertiary alicyclic amines) is 1. The van der Waals surface area contributed by atoms with E-state index in [1.165, 1.54) is 19.3 Å². The molecular formula is C17H22N4O2S. The molecule has 1 aromatic heterocycles. The first-order valence-electron chi connectivity index (χ1n) is 8.58. The highest BCUT2D eigenvalue weighted by Gasteiger charge is 2.40. The number of nitrogens with zero attached hydrogens (tertiary/aromatic N) is 2. The minimum Gasteiger partial charge on any atom is -0.332 e. The molecule has 1 aromatic rings. The number of rotatable bonds is 4. The second-order valence-electron chi connectivity index (χ2n) is 6.57. The summed E-state index contributed by atoms with van der Waals surface area (Å²) in [6.45, 7) is 4.41. The molecule has 3 aliphatic rings. The van der Waals surface area contributed by atoms with Gasteiger partial charge in [-0.1, -0.05) is 12.5 Å². The molecule has 1 saturated heterocycles. The van der Waals surface area contributed by atoms with E-state index in [0.29, 0.717) is 12.1 Å². The van der Waals surface area contributed by atoms with Crippen molar-refractivity contribution in [2.45, 2.75) is 25.3 Å². The third-order valence-electron chi connectivity index (χ3n) is 4.98. The molecule has 0 radical (unpaired) electrons. The molecule has 128 valence electrons. The zero-order valence-corrected chi connectivity index (χ0v) is 14.4. The zero-order valence-electron chi connectivity index (χ0n) is 13.6. The summed E-state index contributed by atoms with van der Waals surface area (Å²) < 4.78 is 0. The van der Waals surface area contributed by atoms with Gasteiger partial charge in [-0.05, 0) is 37.4 Å². The zero-order chi connectivity index (χ0) is 16.5. The maximum Gasteiger partial charge on any atom is 0.319 e. The first kappa shape index (κ1) is 15.7. The van der Waals surface area contributed by atoms with Crippen LogP contribution in [0.1, 0.15) is 30.2 Å². The van der Waals surface area contributed by atoms with E-state index in [0.717, 1.165) is 36.8 Å². The number of piperidine rings is 1. The van der Waals surface area contributed by atoms with Gasteiger partial charge in [0.05, 0.1) is 23.9 Å². The molecule has 0 aromatic carbocycles. The highest BCUT2D eigenvalue weighted by Crippen LogP contribution is 2.34. The van der Waals surface area contributed by atoms with Crippen LogP contribution < -0.4 is 10.6 Å². The normalized spacial score (nSPS) is 24.8. The highest BCUT2D eigenvalue weighted by molar-refractivity contribution is 7.10. The van der Waals surface area contributed by atoms with E-state index < -0.39 is 0 Å². The Morgan fingerprint density at radius 2 is 2.00 bits per heavy atom. The Hall–Kier alpha value is -1.86. The Kier molecular flexibility index (Phi) is 4.28. The van der Waals surface area contributed by atoms with E-state index in [1.54, 1.807) is 11.3 Å². The highest BCUT2D eigenvalue weighted by atomic mass is 32.1. The number of amides is 3. The van der Waals surface area contributed by atoms with Crippen LogP contribution in [0.4, 0.5) is 4.79 Å². The van der Waals surface area contributed by atoms with Crippen LogP contribution in [-0.4, -0.2) is 54.5 Å². The largest absolute Gasteiger partial charge is 0.332 e. The molecule has 0 bridgehead atoms. The summed E-state index contributed by atoms with van der Waals surface area (Å²) in [5.41, 5.74) is 1.47. The van der Waals surface area contributed by atoms with Crippen molar-refractivity contribution >= 4 is 23.3 Å². The van der Waals surface area contributed by atoms with Gasteiger partial charge in [0.1, 0.15) is 0 Å². The molecule has 0 spiro atoms. The first-order chi connectivity index (χ1) is 11.7. The average molecular weight is 346 g/mol. The van der Waals surface area contributed by atoms with Crippen LogP contribution in [0.2, 0.25) is 0 Å². The van der Waals surface area contributed by atoms with Crippen molar-refractivity contribution in [2.24, 2.45) is 0 Å². The molecule has 0 aliphatic carbocycles. The van der Waals surface area contributed by atoms with E-state index in [2.05, 4.69) is 15.5 Å². The summed E-state index contributed by atoms with van der Waals surface area (Å²) in [5, 5.41) is 7.69. The lowest BCUT2D eigenvalue weighted by Gasteiger charge is -2.28. The number of carbonyl (C=O) groups is 2. The van der Waals surface area contributed by atoms with Gasteiger partial charge in [-0.25, -0.2) is 4.79 Å². The van der Waals surface area contributed by atoms with Gasteiger partial charge < -0.3 is 20.4 Å². The van der Waals surface area contributed by atoms with Gasteiger partial charge in [-0.2, -0.15) is 0 Å². The average Bonchev–Trinajstić information content (AvgIpc) is 3.22. The molecule has 3 aliphatic heterocycles. The summed E-state index contributed by atoms with van der Waals surface area (Å²) in [7, 11) is 0.